The smallest absolute Gasteiger partial charge is 0.0547 e. The summed E-state index contributed by atoms with van der Waals surface area (Å²) >= 11 is 0. The zero-order valence-corrected chi connectivity index (χ0v) is 14.2. The highest BCUT2D eigenvalue weighted by molar-refractivity contribution is 5.10. The zero-order valence-electron chi connectivity index (χ0n) is 14.2. The molecule has 0 saturated carbocycles. The van der Waals surface area contributed by atoms with Gasteiger partial charge in [-0.15, -0.1) is 0 Å². The standard InChI is InChI=1S/C18H29N3O2/c1-15-3-2-4-16(19-15)13-20-8-9-21(14-18(20)5-10-22)17-6-11-23-12-7-17/h2-4,17-18,22H,5-14H2,1H3/t18-/m0/s1. The minimum atomic E-state index is 0.254. The van der Waals surface area contributed by atoms with Crippen LogP contribution >= 0.6 is 0 Å². The van der Waals surface area contributed by atoms with Crippen molar-refractivity contribution in [2.24, 2.45) is 0 Å². The molecule has 0 amide bonds. The molecule has 0 radical (unpaired) electrons. The highest BCUT2D eigenvalue weighted by atomic mass is 16.5. The van der Waals surface area contributed by atoms with Gasteiger partial charge in [-0.25, -0.2) is 0 Å². The topological polar surface area (TPSA) is 48.8 Å². The molecular weight excluding hydrogens is 290 g/mol. The first-order valence-corrected chi connectivity index (χ1v) is 8.85. The Labute approximate surface area is 139 Å². The molecule has 0 aliphatic carbocycles. The summed E-state index contributed by atoms with van der Waals surface area (Å²) < 4.78 is 5.49. The Morgan fingerprint density at radius 1 is 1.26 bits per heavy atom. The fourth-order valence-electron chi connectivity index (χ4n) is 3.83. The van der Waals surface area contributed by atoms with Crippen LogP contribution in [0.4, 0.5) is 0 Å². The molecule has 1 atom stereocenters. The molecule has 3 heterocycles. The van der Waals surface area contributed by atoms with Crippen LogP contribution in [0.15, 0.2) is 18.2 Å². The van der Waals surface area contributed by atoms with Crippen LogP contribution in [0.5, 0.6) is 0 Å². The molecule has 128 valence electrons. The second-order valence-electron chi connectivity index (χ2n) is 6.75. The predicted octanol–water partition coefficient (Wildman–Crippen LogP) is 1.44. The van der Waals surface area contributed by atoms with Crippen LogP contribution in [0, 0.1) is 6.92 Å². The number of aromatic nitrogens is 1. The molecule has 3 rings (SSSR count). The molecule has 2 saturated heterocycles. The largest absolute Gasteiger partial charge is 0.396 e. The lowest BCUT2D eigenvalue weighted by molar-refractivity contribution is -0.0119. The number of hydrogen-bond donors (Lipinski definition) is 1. The number of nitrogens with zero attached hydrogens (tertiary/aromatic N) is 3. The number of pyridine rings is 1. The average Bonchev–Trinajstić information content (AvgIpc) is 2.57. The number of aryl methyl sites for hydroxylation is 1. The maximum absolute atomic E-state index is 9.46. The van der Waals surface area contributed by atoms with Crippen molar-refractivity contribution in [3.63, 3.8) is 0 Å². The van der Waals surface area contributed by atoms with E-state index in [1.54, 1.807) is 0 Å². The van der Waals surface area contributed by atoms with E-state index >= 15 is 0 Å². The summed E-state index contributed by atoms with van der Waals surface area (Å²) in [4.78, 5) is 9.74. The number of aliphatic hydroxyl groups excluding tert-OH is 1. The van der Waals surface area contributed by atoms with E-state index in [4.69, 9.17) is 4.74 Å². The zero-order chi connectivity index (χ0) is 16.1. The van der Waals surface area contributed by atoms with Crippen LogP contribution in [-0.2, 0) is 11.3 Å². The Hall–Kier alpha value is -1.01. The fourth-order valence-corrected chi connectivity index (χ4v) is 3.83. The lowest BCUT2D eigenvalue weighted by Gasteiger charge is -2.45. The van der Waals surface area contributed by atoms with Gasteiger partial charge in [-0.2, -0.15) is 0 Å². The molecule has 1 N–H and O–H groups in total. The van der Waals surface area contributed by atoms with Crippen molar-refractivity contribution in [2.45, 2.75) is 44.8 Å². The molecule has 23 heavy (non-hydrogen) atoms. The third-order valence-electron chi connectivity index (χ3n) is 5.12. The average molecular weight is 319 g/mol. The summed E-state index contributed by atoms with van der Waals surface area (Å²) in [7, 11) is 0. The first kappa shape index (κ1) is 16.8. The minimum absolute atomic E-state index is 0.254. The maximum Gasteiger partial charge on any atom is 0.0547 e. The molecule has 5 heteroatoms. The molecular formula is C18H29N3O2. The second kappa shape index (κ2) is 8.20. The van der Waals surface area contributed by atoms with Crippen LogP contribution < -0.4 is 0 Å². The van der Waals surface area contributed by atoms with Gasteiger partial charge in [0, 0.05) is 63.8 Å². The second-order valence-corrected chi connectivity index (χ2v) is 6.75. The summed E-state index contributed by atoms with van der Waals surface area (Å²) in [5.41, 5.74) is 2.20. The van der Waals surface area contributed by atoms with Crippen LogP contribution in [0.25, 0.3) is 0 Å². The van der Waals surface area contributed by atoms with E-state index in [1.165, 1.54) is 0 Å². The van der Waals surface area contributed by atoms with Crippen molar-refractivity contribution in [2.75, 3.05) is 39.5 Å². The molecule has 2 aliphatic heterocycles. The van der Waals surface area contributed by atoms with Crippen molar-refractivity contribution in [3.05, 3.63) is 29.6 Å². The summed E-state index contributed by atoms with van der Waals surface area (Å²) in [6, 6.07) is 7.30. The van der Waals surface area contributed by atoms with Gasteiger partial charge >= 0.3 is 0 Å². The highest BCUT2D eigenvalue weighted by Gasteiger charge is 2.31. The molecule has 2 aliphatic rings. The van der Waals surface area contributed by atoms with Gasteiger partial charge < -0.3 is 9.84 Å². The quantitative estimate of drug-likeness (QED) is 0.890. The van der Waals surface area contributed by atoms with Crippen molar-refractivity contribution in [3.8, 4) is 0 Å². The van der Waals surface area contributed by atoms with Crippen LogP contribution in [0.2, 0.25) is 0 Å². The first-order valence-electron chi connectivity index (χ1n) is 8.85. The Balaban J connectivity index is 1.62. The Kier molecular flexibility index (Phi) is 6.00. The van der Waals surface area contributed by atoms with E-state index < -0.39 is 0 Å². The third-order valence-corrected chi connectivity index (χ3v) is 5.12. The van der Waals surface area contributed by atoms with Gasteiger partial charge in [0.25, 0.3) is 0 Å². The minimum Gasteiger partial charge on any atom is -0.396 e. The van der Waals surface area contributed by atoms with Gasteiger partial charge in [-0.05, 0) is 38.3 Å². The van der Waals surface area contributed by atoms with Gasteiger partial charge in [0.2, 0.25) is 0 Å². The molecule has 1 aromatic rings. The van der Waals surface area contributed by atoms with E-state index in [1.807, 2.05) is 13.0 Å². The molecule has 0 unspecified atom stereocenters. The molecule has 2 fully saturated rings. The van der Waals surface area contributed by atoms with E-state index in [0.29, 0.717) is 12.1 Å². The number of piperazine rings is 1. The third kappa shape index (κ3) is 4.51. The lowest BCUT2D eigenvalue weighted by atomic mass is 10.0. The van der Waals surface area contributed by atoms with Gasteiger partial charge in [-0.3, -0.25) is 14.8 Å². The van der Waals surface area contributed by atoms with Crippen LogP contribution in [-0.4, -0.2) is 71.4 Å². The summed E-state index contributed by atoms with van der Waals surface area (Å²) in [6.07, 6.45) is 3.13. The summed E-state index contributed by atoms with van der Waals surface area (Å²) in [5, 5.41) is 9.46. The maximum atomic E-state index is 9.46. The van der Waals surface area contributed by atoms with E-state index in [9.17, 15) is 5.11 Å². The van der Waals surface area contributed by atoms with Gasteiger partial charge in [0.1, 0.15) is 0 Å². The Bertz CT molecular complexity index is 491. The number of aliphatic hydroxyl groups is 1. The lowest BCUT2D eigenvalue weighted by Crippen LogP contribution is -2.56. The molecule has 5 nitrogen and oxygen atoms in total. The number of ether oxygens (including phenoxy) is 1. The first-order chi connectivity index (χ1) is 11.3. The van der Waals surface area contributed by atoms with E-state index in [-0.39, 0.29) is 6.61 Å². The molecule has 0 aromatic carbocycles. The van der Waals surface area contributed by atoms with E-state index in [0.717, 1.165) is 70.0 Å². The van der Waals surface area contributed by atoms with Crippen LogP contribution in [0.1, 0.15) is 30.7 Å². The van der Waals surface area contributed by atoms with Crippen molar-refractivity contribution in [1.29, 1.82) is 0 Å². The fraction of sp³-hybridized carbons (Fsp3) is 0.722. The molecule has 0 spiro atoms. The van der Waals surface area contributed by atoms with Crippen LogP contribution in [0.3, 0.4) is 0 Å². The highest BCUT2D eigenvalue weighted by Crippen LogP contribution is 2.22. The van der Waals surface area contributed by atoms with Crippen molar-refractivity contribution in [1.82, 2.24) is 14.8 Å². The predicted molar refractivity (Wildman–Crippen MR) is 90.3 cm³/mol. The van der Waals surface area contributed by atoms with Crippen molar-refractivity contribution < 1.29 is 9.84 Å². The van der Waals surface area contributed by atoms with Gasteiger partial charge in [-0.1, -0.05) is 6.07 Å². The Morgan fingerprint density at radius 3 is 2.83 bits per heavy atom. The number of hydrogen-bond acceptors (Lipinski definition) is 5. The summed E-state index contributed by atoms with van der Waals surface area (Å²) in [5.74, 6) is 0. The number of rotatable bonds is 5. The molecule has 1 aromatic heterocycles. The van der Waals surface area contributed by atoms with Gasteiger partial charge in [0.05, 0.1) is 5.69 Å². The summed E-state index contributed by atoms with van der Waals surface area (Å²) in [6.45, 7) is 8.18. The molecule has 0 bridgehead atoms. The van der Waals surface area contributed by atoms with Gasteiger partial charge in [0.15, 0.2) is 0 Å². The Morgan fingerprint density at radius 2 is 2.09 bits per heavy atom. The normalized spacial score (nSPS) is 24.9. The monoisotopic (exact) mass is 319 g/mol. The van der Waals surface area contributed by atoms with Crippen molar-refractivity contribution >= 4 is 0 Å². The van der Waals surface area contributed by atoms with E-state index in [2.05, 4.69) is 26.9 Å². The SMILES string of the molecule is Cc1cccc(CN2CCN(C3CCOCC3)C[C@@H]2CCO)n1.